The van der Waals surface area contributed by atoms with Gasteiger partial charge in [-0.3, -0.25) is 19.6 Å². The third-order valence-electron chi connectivity index (χ3n) is 2.92. The molecule has 13 heteroatoms. The lowest BCUT2D eigenvalue weighted by Crippen LogP contribution is -2.12. The van der Waals surface area contributed by atoms with Crippen molar-refractivity contribution >= 4 is 35.0 Å². The van der Waals surface area contributed by atoms with Crippen molar-refractivity contribution in [1.29, 1.82) is 0 Å². The monoisotopic (exact) mass is 410 g/mol. The molecule has 2 aromatic rings. The molecule has 1 aromatic carbocycles. The molecule has 0 N–H and O–H groups in total. The molecule has 1 radical (unpaired) electrons. The van der Waals surface area contributed by atoms with Gasteiger partial charge < -0.3 is 9.47 Å². The third kappa shape index (κ3) is 4.32. The Morgan fingerprint density at radius 1 is 1.46 bits per heavy atom. The van der Waals surface area contributed by atoms with E-state index >= 15 is 0 Å². The normalized spacial score (nSPS) is 11.3. The molecule has 8 nitrogen and oxygen atoms in total. The maximum Gasteiger partial charge on any atom is 0.434 e. The van der Waals surface area contributed by atoms with E-state index in [1.54, 1.807) is 0 Å². The molecule has 0 bridgehead atoms. The molecule has 0 aliphatic carbocycles. The Morgan fingerprint density at radius 2 is 2.12 bits per heavy atom. The number of aryl methyl sites for hydroxylation is 1. The van der Waals surface area contributed by atoms with Crippen molar-refractivity contribution in [1.82, 2.24) is 9.78 Å². The van der Waals surface area contributed by atoms with Crippen LogP contribution in [0.3, 0.4) is 0 Å². The van der Waals surface area contributed by atoms with E-state index in [2.05, 4.69) is 17.7 Å². The molecule has 0 amide bonds. The van der Waals surface area contributed by atoms with Crippen molar-refractivity contribution in [3.63, 3.8) is 0 Å². The first-order chi connectivity index (χ1) is 12.0. The molecular formula is C13H8ClF3N3O5S. The highest BCUT2D eigenvalue weighted by Crippen LogP contribution is 2.41. The van der Waals surface area contributed by atoms with Gasteiger partial charge in [0.2, 0.25) is 5.75 Å². The van der Waals surface area contributed by atoms with E-state index in [4.69, 9.17) is 21.1 Å². The number of hydrogen-bond acceptors (Lipinski definition) is 6. The molecule has 1 heterocycles. The first kappa shape index (κ1) is 19.7. The van der Waals surface area contributed by atoms with Crippen molar-refractivity contribution in [3.05, 3.63) is 39.0 Å². The molecule has 2 rings (SSSR count). The molecule has 0 aliphatic heterocycles. The van der Waals surface area contributed by atoms with Gasteiger partial charge in [-0.05, 0) is 18.7 Å². The highest BCUT2D eigenvalue weighted by atomic mass is 35.5. The smallest absolute Gasteiger partial charge is 0.434 e. The largest absolute Gasteiger partial charge is 0.477 e. The number of ether oxygens (including phenoxy) is 2. The van der Waals surface area contributed by atoms with Crippen LogP contribution in [0.1, 0.15) is 5.69 Å². The molecule has 0 unspecified atom stereocenters. The lowest BCUT2D eigenvalue weighted by molar-refractivity contribution is -0.385. The second-order valence-corrected chi connectivity index (χ2v) is 5.57. The lowest BCUT2D eigenvalue weighted by Gasteiger charge is -2.08. The minimum atomic E-state index is -4.76. The predicted octanol–water partition coefficient (Wildman–Crippen LogP) is 3.90. The van der Waals surface area contributed by atoms with Crippen LogP contribution in [-0.4, -0.2) is 26.4 Å². The minimum Gasteiger partial charge on any atom is -0.477 e. The number of nitrogens with zero attached hydrogens (tertiary/aromatic N) is 3. The van der Waals surface area contributed by atoms with Crippen molar-refractivity contribution in [2.45, 2.75) is 6.18 Å². The summed E-state index contributed by atoms with van der Waals surface area (Å²) in [7, 11) is 1.03. The summed E-state index contributed by atoms with van der Waals surface area (Å²) in [6.07, 6.45) is -4.76. The van der Waals surface area contributed by atoms with E-state index < -0.39 is 45.1 Å². The first-order valence-electron chi connectivity index (χ1n) is 6.59. The van der Waals surface area contributed by atoms with Crippen LogP contribution in [0.15, 0.2) is 18.2 Å². The number of nitro benzene ring substituents is 1. The number of benzene rings is 1. The average Bonchev–Trinajstić information content (AvgIpc) is 2.78. The Kier molecular flexibility index (Phi) is 5.56. The molecule has 139 valence electrons. The van der Waals surface area contributed by atoms with Gasteiger partial charge in [-0.15, -0.1) is 5.10 Å². The highest BCUT2D eigenvalue weighted by molar-refractivity contribution is 7.96. The van der Waals surface area contributed by atoms with Gasteiger partial charge in [-0.1, -0.05) is 11.6 Å². The Hall–Kier alpha value is -2.60. The van der Waals surface area contributed by atoms with E-state index in [1.165, 1.54) is 0 Å². The number of rotatable bonds is 6. The van der Waals surface area contributed by atoms with Crippen LogP contribution in [0.5, 0.6) is 17.4 Å². The van der Waals surface area contributed by atoms with Gasteiger partial charge in [0.1, 0.15) is 10.8 Å². The summed E-state index contributed by atoms with van der Waals surface area (Å²) in [5.41, 5.74) is -1.71. The highest BCUT2D eigenvalue weighted by Gasteiger charge is 2.39. The molecule has 0 atom stereocenters. The summed E-state index contributed by atoms with van der Waals surface area (Å²) in [4.78, 5) is 21.0. The van der Waals surface area contributed by atoms with Crippen LogP contribution in [0.25, 0.3) is 0 Å². The first-order valence-corrected chi connectivity index (χ1v) is 7.38. The molecule has 26 heavy (non-hydrogen) atoms. The topological polar surface area (TPSA) is 96.5 Å². The molecule has 0 saturated carbocycles. The van der Waals surface area contributed by atoms with Gasteiger partial charge in [-0.25, -0.2) is 0 Å². The Labute approximate surface area is 154 Å². The summed E-state index contributed by atoms with van der Waals surface area (Å²) in [5.74, 6) is -1.05. The second kappa shape index (κ2) is 7.33. The second-order valence-electron chi connectivity index (χ2n) is 4.74. The molecule has 0 aliphatic rings. The third-order valence-corrected chi connectivity index (χ3v) is 3.38. The summed E-state index contributed by atoms with van der Waals surface area (Å²) >= 11 is 9.95. The van der Waals surface area contributed by atoms with Gasteiger partial charge in [-0.2, -0.15) is 13.2 Å². The van der Waals surface area contributed by atoms with Crippen LogP contribution in [0.2, 0.25) is 5.02 Å². The fourth-order valence-corrected chi connectivity index (χ4v) is 2.28. The van der Waals surface area contributed by atoms with Gasteiger partial charge in [0.25, 0.3) is 11.0 Å². The maximum absolute atomic E-state index is 12.9. The number of carbonyl (C=O) groups excluding carboxylic acids is 1. The summed E-state index contributed by atoms with van der Waals surface area (Å²) in [6, 6.07) is 3.10. The van der Waals surface area contributed by atoms with Crippen molar-refractivity contribution in [3.8, 4) is 17.4 Å². The van der Waals surface area contributed by atoms with Gasteiger partial charge >= 0.3 is 11.9 Å². The SMILES string of the molecule is Cn1nc(Oc2ccc([N+](=O)[O-])c(OCC(=O)[S])c2)c(Cl)c1C(F)(F)F. The number of carbonyl (C=O) groups is 1. The lowest BCUT2D eigenvalue weighted by atomic mass is 10.3. The van der Waals surface area contributed by atoms with Crippen LogP contribution in [0.4, 0.5) is 18.9 Å². The van der Waals surface area contributed by atoms with Crippen LogP contribution < -0.4 is 9.47 Å². The number of alkyl halides is 3. The van der Waals surface area contributed by atoms with E-state index in [1.807, 2.05) is 0 Å². The average molecular weight is 411 g/mol. The standard InChI is InChI=1S/C13H8ClF3N3O5S/c1-19-11(13(15,16)17)10(14)12(18-19)25-6-2-3-7(20(22)23)8(4-6)24-5-9(21)26/h2-4H,5H2,1H3. The van der Waals surface area contributed by atoms with Crippen molar-refractivity contribution in [2.75, 3.05) is 6.61 Å². The van der Waals surface area contributed by atoms with Gasteiger partial charge in [0.15, 0.2) is 12.3 Å². The Morgan fingerprint density at radius 3 is 2.62 bits per heavy atom. The number of hydrogen-bond donors (Lipinski definition) is 0. The van der Waals surface area contributed by atoms with Gasteiger partial charge in [0, 0.05) is 19.2 Å². The van der Waals surface area contributed by atoms with E-state index in [9.17, 15) is 28.1 Å². The summed E-state index contributed by atoms with van der Waals surface area (Å²) in [5, 5.41) is 12.9. The Bertz CT molecular complexity index is 871. The summed E-state index contributed by atoms with van der Waals surface area (Å²) in [6.45, 7) is -0.609. The number of aromatic nitrogens is 2. The van der Waals surface area contributed by atoms with Crippen molar-refractivity contribution < 1.29 is 32.4 Å². The predicted molar refractivity (Wildman–Crippen MR) is 84.5 cm³/mol. The molecular weight excluding hydrogens is 403 g/mol. The molecule has 0 saturated heterocycles. The fraction of sp³-hybridized carbons (Fsp3) is 0.231. The van der Waals surface area contributed by atoms with E-state index in [0.717, 1.165) is 25.2 Å². The van der Waals surface area contributed by atoms with Crippen LogP contribution >= 0.6 is 24.2 Å². The summed E-state index contributed by atoms with van der Waals surface area (Å²) < 4.78 is 49.3. The zero-order valence-corrected chi connectivity index (χ0v) is 14.3. The van der Waals surface area contributed by atoms with Crippen molar-refractivity contribution in [2.24, 2.45) is 7.05 Å². The number of nitro groups is 1. The maximum atomic E-state index is 12.9. The van der Waals surface area contributed by atoms with E-state index in [-0.39, 0.29) is 11.5 Å². The molecule has 0 spiro atoms. The zero-order chi connectivity index (χ0) is 19.6. The van der Waals surface area contributed by atoms with Gasteiger partial charge in [0.05, 0.1) is 4.92 Å². The molecule has 0 fully saturated rings. The molecule has 1 aromatic heterocycles. The number of halogens is 4. The van der Waals surface area contributed by atoms with E-state index in [0.29, 0.717) is 4.68 Å². The van der Waals surface area contributed by atoms with Crippen LogP contribution in [0, 0.1) is 10.1 Å². The minimum absolute atomic E-state index is 0.142. The fourth-order valence-electron chi connectivity index (χ4n) is 1.92. The Balaban J connectivity index is 2.37. The quantitative estimate of drug-likeness (QED) is 0.529. The van der Waals surface area contributed by atoms with Crippen LogP contribution in [-0.2, 0) is 18.0 Å². The zero-order valence-electron chi connectivity index (χ0n) is 12.7.